The second-order valence-corrected chi connectivity index (χ2v) is 6.46. The van der Waals surface area contributed by atoms with Crippen LogP contribution in [0.15, 0.2) is 54.1 Å². The van der Waals surface area contributed by atoms with Gasteiger partial charge in [0.2, 0.25) is 0 Å². The van der Waals surface area contributed by atoms with E-state index in [1.807, 2.05) is 36.4 Å². The molecular formula is C18H15IN2O2. The van der Waals surface area contributed by atoms with E-state index in [0.717, 1.165) is 15.6 Å². The van der Waals surface area contributed by atoms with Crippen LogP contribution in [0, 0.1) is 3.57 Å². The third-order valence-electron chi connectivity index (χ3n) is 3.68. The van der Waals surface area contributed by atoms with Gasteiger partial charge < -0.3 is 0 Å². The molecule has 2 amide bonds. The molecule has 0 saturated carbocycles. The molecule has 2 aromatic carbocycles. The van der Waals surface area contributed by atoms with E-state index in [1.54, 1.807) is 18.2 Å². The van der Waals surface area contributed by atoms with E-state index in [4.69, 9.17) is 0 Å². The van der Waals surface area contributed by atoms with Crippen LogP contribution in [0.25, 0.3) is 6.08 Å². The van der Waals surface area contributed by atoms with Crippen molar-refractivity contribution >= 4 is 46.2 Å². The Morgan fingerprint density at radius 2 is 1.70 bits per heavy atom. The van der Waals surface area contributed by atoms with Gasteiger partial charge in [0.15, 0.2) is 0 Å². The van der Waals surface area contributed by atoms with Gasteiger partial charge in [-0.2, -0.15) is 0 Å². The van der Waals surface area contributed by atoms with Crippen molar-refractivity contribution < 1.29 is 9.59 Å². The largest absolute Gasteiger partial charge is 0.282 e. The Bertz CT molecular complexity index is 780. The van der Waals surface area contributed by atoms with Gasteiger partial charge in [0.1, 0.15) is 5.57 Å². The lowest BCUT2D eigenvalue weighted by atomic mass is 10.1. The number of carbonyl (C=O) groups excluding carboxylic acids is 2. The molecule has 0 aromatic heterocycles. The van der Waals surface area contributed by atoms with Crippen LogP contribution in [0.4, 0.5) is 5.69 Å². The molecule has 1 aliphatic rings. The molecule has 0 aliphatic carbocycles. The van der Waals surface area contributed by atoms with Crippen LogP contribution in [-0.4, -0.2) is 11.8 Å². The highest BCUT2D eigenvalue weighted by Gasteiger charge is 2.34. The predicted octanol–water partition coefficient (Wildman–Crippen LogP) is 3.32. The number of halogens is 1. The summed E-state index contributed by atoms with van der Waals surface area (Å²) in [5.41, 5.74) is 5.45. The topological polar surface area (TPSA) is 49.4 Å². The summed E-state index contributed by atoms with van der Waals surface area (Å²) in [5, 5.41) is 1.28. The minimum atomic E-state index is -0.381. The zero-order valence-electron chi connectivity index (χ0n) is 12.5. The van der Waals surface area contributed by atoms with Gasteiger partial charge in [-0.05, 0) is 70.5 Å². The normalized spacial score (nSPS) is 16.1. The van der Waals surface area contributed by atoms with Gasteiger partial charge in [-0.15, -0.1) is 0 Å². The lowest BCUT2D eigenvalue weighted by molar-refractivity contribution is -0.117. The van der Waals surface area contributed by atoms with Gasteiger partial charge >= 0.3 is 0 Å². The number of hydrogen-bond acceptors (Lipinski definition) is 2. The van der Waals surface area contributed by atoms with Gasteiger partial charge in [-0.3, -0.25) is 15.0 Å². The highest BCUT2D eigenvalue weighted by molar-refractivity contribution is 14.1. The number of anilines is 1. The summed E-state index contributed by atoms with van der Waals surface area (Å²) in [6.45, 7) is 2.08. The highest BCUT2D eigenvalue weighted by Crippen LogP contribution is 2.22. The van der Waals surface area contributed by atoms with E-state index in [0.29, 0.717) is 5.69 Å². The van der Waals surface area contributed by atoms with Crippen LogP contribution >= 0.6 is 22.6 Å². The molecule has 4 nitrogen and oxygen atoms in total. The van der Waals surface area contributed by atoms with Crippen LogP contribution in [0.5, 0.6) is 0 Å². The fourth-order valence-electron chi connectivity index (χ4n) is 2.35. The first kappa shape index (κ1) is 15.7. The van der Waals surface area contributed by atoms with Crippen molar-refractivity contribution in [2.24, 2.45) is 0 Å². The zero-order chi connectivity index (χ0) is 16.4. The van der Waals surface area contributed by atoms with Crippen molar-refractivity contribution in [2.45, 2.75) is 13.3 Å². The number of carbonyl (C=O) groups is 2. The lowest BCUT2D eigenvalue weighted by Crippen LogP contribution is -2.35. The minimum Gasteiger partial charge on any atom is -0.267 e. The first-order valence-corrected chi connectivity index (χ1v) is 8.38. The molecule has 0 atom stereocenters. The maximum absolute atomic E-state index is 12.5. The van der Waals surface area contributed by atoms with Crippen molar-refractivity contribution in [3.63, 3.8) is 0 Å². The molecule has 1 saturated heterocycles. The van der Waals surface area contributed by atoms with E-state index >= 15 is 0 Å². The minimum absolute atomic E-state index is 0.146. The second-order valence-electron chi connectivity index (χ2n) is 5.21. The van der Waals surface area contributed by atoms with Gasteiger partial charge in [-0.1, -0.05) is 31.2 Å². The first-order chi connectivity index (χ1) is 11.1. The SMILES string of the molecule is CCc1ccc(C=C2C(=O)NN(c3ccc(I)cc3)C2=O)cc1. The maximum Gasteiger partial charge on any atom is 0.282 e. The van der Waals surface area contributed by atoms with Crippen LogP contribution in [-0.2, 0) is 16.0 Å². The van der Waals surface area contributed by atoms with Crippen LogP contribution < -0.4 is 10.4 Å². The smallest absolute Gasteiger partial charge is 0.267 e. The fraction of sp³-hybridized carbons (Fsp3) is 0.111. The lowest BCUT2D eigenvalue weighted by Gasteiger charge is -2.14. The third kappa shape index (κ3) is 3.29. The number of hydrogen-bond donors (Lipinski definition) is 1. The fourth-order valence-corrected chi connectivity index (χ4v) is 2.71. The number of amides is 2. The summed E-state index contributed by atoms with van der Waals surface area (Å²) in [6.07, 6.45) is 2.58. The van der Waals surface area contributed by atoms with Crippen LogP contribution in [0.2, 0.25) is 0 Å². The molecule has 1 fully saturated rings. The van der Waals surface area contributed by atoms with Gasteiger partial charge in [-0.25, -0.2) is 5.01 Å². The molecule has 5 heteroatoms. The number of rotatable bonds is 3. The first-order valence-electron chi connectivity index (χ1n) is 7.30. The average Bonchev–Trinajstić information content (AvgIpc) is 2.84. The molecule has 1 aliphatic heterocycles. The Morgan fingerprint density at radius 3 is 2.30 bits per heavy atom. The van der Waals surface area contributed by atoms with E-state index in [9.17, 15) is 9.59 Å². The summed E-state index contributed by atoms with van der Waals surface area (Å²) in [7, 11) is 0. The number of nitrogens with zero attached hydrogens (tertiary/aromatic N) is 1. The molecule has 0 radical (unpaired) electrons. The van der Waals surface area contributed by atoms with Crippen molar-refractivity contribution in [2.75, 3.05) is 5.01 Å². The molecular weight excluding hydrogens is 403 g/mol. The summed E-state index contributed by atoms with van der Waals surface area (Å²) in [5.74, 6) is -0.719. The van der Waals surface area contributed by atoms with Crippen molar-refractivity contribution in [1.82, 2.24) is 5.43 Å². The highest BCUT2D eigenvalue weighted by atomic mass is 127. The van der Waals surface area contributed by atoms with Gasteiger partial charge in [0, 0.05) is 3.57 Å². The van der Waals surface area contributed by atoms with Crippen molar-refractivity contribution in [3.8, 4) is 0 Å². The van der Waals surface area contributed by atoms with Gasteiger partial charge in [0.05, 0.1) is 5.69 Å². The van der Waals surface area contributed by atoms with E-state index in [2.05, 4.69) is 34.9 Å². The molecule has 0 unspecified atom stereocenters. The monoisotopic (exact) mass is 418 g/mol. The number of aryl methyl sites for hydroxylation is 1. The Hall–Kier alpha value is -2.15. The summed E-state index contributed by atoms with van der Waals surface area (Å²) in [4.78, 5) is 24.6. The molecule has 1 N–H and O–H groups in total. The zero-order valence-corrected chi connectivity index (χ0v) is 14.7. The number of hydrazine groups is 1. The summed E-state index contributed by atoms with van der Waals surface area (Å²) >= 11 is 2.19. The maximum atomic E-state index is 12.5. The van der Waals surface area contributed by atoms with Crippen molar-refractivity contribution in [1.29, 1.82) is 0 Å². The summed E-state index contributed by atoms with van der Waals surface area (Å²) < 4.78 is 1.07. The van der Waals surface area contributed by atoms with E-state index in [-0.39, 0.29) is 17.4 Å². The molecule has 116 valence electrons. The van der Waals surface area contributed by atoms with E-state index < -0.39 is 0 Å². The molecule has 23 heavy (non-hydrogen) atoms. The Kier molecular flexibility index (Phi) is 4.47. The van der Waals surface area contributed by atoms with Crippen LogP contribution in [0.1, 0.15) is 18.1 Å². The Labute approximate surface area is 148 Å². The molecule has 0 bridgehead atoms. The Balaban J connectivity index is 1.88. The molecule has 1 heterocycles. The van der Waals surface area contributed by atoms with Gasteiger partial charge in [0.25, 0.3) is 11.8 Å². The van der Waals surface area contributed by atoms with Crippen molar-refractivity contribution in [3.05, 3.63) is 68.8 Å². The summed E-state index contributed by atoms with van der Waals surface area (Å²) in [6, 6.07) is 15.2. The van der Waals surface area contributed by atoms with Crippen LogP contribution in [0.3, 0.4) is 0 Å². The third-order valence-corrected chi connectivity index (χ3v) is 4.39. The van der Waals surface area contributed by atoms with E-state index in [1.165, 1.54) is 10.6 Å². The second kappa shape index (κ2) is 6.54. The average molecular weight is 418 g/mol. The molecule has 0 spiro atoms. The quantitative estimate of drug-likeness (QED) is 0.473. The molecule has 2 aromatic rings. The number of nitrogens with one attached hydrogen (secondary N) is 1. The number of benzene rings is 2. The molecule has 3 rings (SSSR count). The predicted molar refractivity (Wildman–Crippen MR) is 98.6 cm³/mol. The Morgan fingerprint density at radius 1 is 1.04 bits per heavy atom. The standard InChI is InChI=1S/C18H15IN2O2/c1-2-12-3-5-13(6-4-12)11-16-17(22)20-21(18(16)23)15-9-7-14(19)8-10-15/h3-11H,2H2,1H3,(H,20,22).